The van der Waals surface area contributed by atoms with Crippen LogP contribution < -0.4 is 10.2 Å². The SMILES string of the molecule is N#C/C(C(=O)Nc1ccc(Cl)cc1)=C1/SC(Cc2cccc(Cl)c2)C(=O)N1c1ccc(Cl)cc1. The summed E-state index contributed by atoms with van der Waals surface area (Å²) in [4.78, 5) is 27.9. The molecule has 170 valence electrons. The fourth-order valence-corrected chi connectivity index (χ4v) is 5.19. The van der Waals surface area contributed by atoms with Crippen LogP contribution in [0.5, 0.6) is 0 Å². The Bertz CT molecular complexity index is 1320. The first kappa shape index (κ1) is 24.2. The van der Waals surface area contributed by atoms with Gasteiger partial charge in [-0.25, -0.2) is 0 Å². The Morgan fingerprint density at radius 2 is 1.62 bits per heavy atom. The average Bonchev–Trinajstić information content (AvgIpc) is 3.12. The Morgan fingerprint density at radius 1 is 0.971 bits per heavy atom. The summed E-state index contributed by atoms with van der Waals surface area (Å²) in [5, 5.41) is 13.9. The van der Waals surface area contributed by atoms with Crippen LogP contribution in [0, 0.1) is 11.3 Å². The van der Waals surface area contributed by atoms with Gasteiger partial charge in [-0.3, -0.25) is 14.5 Å². The van der Waals surface area contributed by atoms with Gasteiger partial charge in [-0.1, -0.05) is 58.7 Å². The van der Waals surface area contributed by atoms with E-state index >= 15 is 0 Å². The maximum atomic E-state index is 13.5. The smallest absolute Gasteiger partial charge is 0.269 e. The first-order chi connectivity index (χ1) is 16.4. The lowest BCUT2D eigenvalue weighted by Gasteiger charge is -2.19. The van der Waals surface area contributed by atoms with E-state index in [0.29, 0.717) is 32.9 Å². The van der Waals surface area contributed by atoms with E-state index in [-0.39, 0.29) is 16.5 Å². The van der Waals surface area contributed by atoms with Gasteiger partial charge in [0.05, 0.1) is 5.25 Å². The predicted octanol–water partition coefficient (Wildman–Crippen LogP) is 6.71. The van der Waals surface area contributed by atoms with E-state index in [4.69, 9.17) is 34.8 Å². The van der Waals surface area contributed by atoms with Gasteiger partial charge in [-0.15, -0.1) is 0 Å². The second-order valence-corrected chi connectivity index (χ2v) is 9.84. The highest BCUT2D eigenvalue weighted by Gasteiger charge is 2.40. The van der Waals surface area contributed by atoms with Crippen molar-refractivity contribution in [3.63, 3.8) is 0 Å². The summed E-state index contributed by atoms with van der Waals surface area (Å²) in [6.45, 7) is 0. The van der Waals surface area contributed by atoms with Gasteiger partial charge in [0.2, 0.25) is 5.91 Å². The molecule has 0 spiro atoms. The summed E-state index contributed by atoms with van der Waals surface area (Å²) in [6.07, 6.45) is 0.384. The highest BCUT2D eigenvalue weighted by molar-refractivity contribution is 8.05. The number of hydrogen-bond donors (Lipinski definition) is 1. The van der Waals surface area contributed by atoms with E-state index in [1.807, 2.05) is 18.2 Å². The highest BCUT2D eigenvalue weighted by Crippen LogP contribution is 2.42. The van der Waals surface area contributed by atoms with Gasteiger partial charge in [0.1, 0.15) is 16.7 Å². The van der Waals surface area contributed by atoms with E-state index in [1.165, 1.54) is 16.7 Å². The van der Waals surface area contributed by atoms with Crippen molar-refractivity contribution < 1.29 is 9.59 Å². The Balaban J connectivity index is 1.72. The topological polar surface area (TPSA) is 73.2 Å². The Labute approximate surface area is 215 Å². The van der Waals surface area contributed by atoms with E-state index in [1.54, 1.807) is 60.7 Å². The number of hydrogen-bond acceptors (Lipinski definition) is 4. The monoisotopic (exact) mass is 527 g/mol. The van der Waals surface area contributed by atoms with E-state index in [2.05, 4.69) is 5.32 Å². The summed E-state index contributed by atoms with van der Waals surface area (Å²) < 4.78 is 0. The molecule has 0 aromatic heterocycles. The lowest BCUT2D eigenvalue weighted by atomic mass is 10.1. The van der Waals surface area contributed by atoms with Crippen molar-refractivity contribution in [2.45, 2.75) is 11.7 Å². The number of nitrogens with zero attached hydrogens (tertiary/aromatic N) is 2. The molecule has 34 heavy (non-hydrogen) atoms. The second-order valence-electron chi connectivity index (χ2n) is 7.34. The molecule has 0 saturated carbocycles. The molecule has 1 atom stereocenters. The fourth-order valence-electron chi connectivity index (χ4n) is 3.42. The molecule has 1 fully saturated rings. The molecule has 1 heterocycles. The molecule has 5 nitrogen and oxygen atoms in total. The van der Waals surface area contributed by atoms with Crippen LogP contribution in [0.1, 0.15) is 5.56 Å². The third-order valence-corrected chi connectivity index (χ3v) is 7.00. The molecule has 3 aromatic rings. The minimum absolute atomic E-state index is 0.170. The van der Waals surface area contributed by atoms with Crippen LogP contribution in [0.3, 0.4) is 0 Å². The molecule has 0 aliphatic carbocycles. The van der Waals surface area contributed by atoms with Crippen LogP contribution in [0.4, 0.5) is 11.4 Å². The summed E-state index contributed by atoms with van der Waals surface area (Å²) in [5.41, 5.74) is 1.69. The molecule has 1 aliphatic rings. The zero-order valence-electron chi connectivity index (χ0n) is 17.5. The fraction of sp³-hybridized carbons (Fsp3) is 0.0800. The maximum Gasteiger partial charge on any atom is 0.269 e. The van der Waals surface area contributed by atoms with E-state index in [9.17, 15) is 14.9 Å². The molecule has 4 rings (SSSR count). The standard InChI is InChI=1S/C25H16Cl3N3O2S/c26-16-4-8-19(9-5-16)30-23(32)21(14-29)25-31(20-10-6-17(27)7-11-20)24(33)22(34-25)13-15-2-1-3-18(28)12-15/h1-12,22H,13H2,(H,30,32)/b25-21-. The molecule has 1 unspecified atom stereocenters. The number of rotatable bonds is 5. The van der Waals surface area contributed by atoms with Gasteiger partial charge in [0.25, 0.3) is 5.91 Å². The van der Waals surface area contributed by atoms with Crippen LogP contribution in [0.2, 0.25) is 15.1 Å². The zero-order valence-corrected chi connectivity index (χ0v) is 20.6. The molecule has 1 saturated heterocycles. The van der Waals surface area contributed by atoms with Gasteiger partial charge >= 0.3 is 0 Å². The summed E-state index contributed by atoms with van der Waals surface area (Å²) >= 11 is 19.2. The number of halogens is 3. The van der Waals surface area contributed by atoms with Crippen molar-refractivity contribution in [2.24, 2.45) is 0 Å². The van der Waals surface area contributed by atoms with Crippen LogP contribution in [0.15, 0.2) is 83.4 Å². The van der Waals surface area contributed by atoms with Gasteiger partial charge < -0.3 is 5.32 Å². The lowest BCUT2D eigenvalue weighted by Crippen LogP contribution is -2.30. The minimum Gasteiger partial charge on any atom is -0.321 e. The van der Waals surface area contributed by atoms with Crippen molar-refractivity contribution >= 4 is 69.8 Å². The first-order valence-corrected chi connectivity index (χ1v) is 12.1. The molecule has 0 bridgehead atoms. The van der Waals surface area contributed by atoms with Crippen LogP contribution in [0.25, 0.3) is 0 Å². The molecular weight excluding hydrogens is 513 g/mol. The third kappa shape index (κ3) is 5.40. The van der Waals surface area contributed by atoms with Crippen LogP contribution in [-0.2, 0) is 16.0 Å². The Morgan fingerprint density at radius 3 is 2.24 bits per heavy atom. The number of anilines is 2. The molecule has 3 aromatic carbocycles. The highest BCUT2D eigenvalue weighted by atomic mass is 35.5. The molecular formula is C25H16Cl3N3O2S. The quantitative estimate of drug-likeness (QED) is 0.295. The van der Waals surface area contributed by atoms with E-state index in [0.717, 1.165) is 5.56 Å². The van der Waals surface area contributed by atoms with Crippen molar-refractivity contribution in [1.29, 1.82) is 5.26 Å². The van der Waals surface area contributed by atoms with E-state index < -0.39 is 11.2 Å². The number of nitrogens with one attached hydrogen (secondary N) is 1. The zero-order chi connectivity index (χ0) is 24.2. The molecule has 0 radical (unpaired) electrons. The number of thioether (sulfide) groups is 1. The molecule has 1 N–H and O–H groups in total. The minimum atomic E-state index is -0.623. The normalized spacial score (nSPS) is 16.8. The average molecular weight is 529 g/mol. The first-order valence-electron chi connectivity index (χ1n) is 10.1. The number of amides is 2. The maximum absolute atomic E-state index is 13.5. The Kier molecular flexibility index (Phi) is 7.50. The number of benzene rings is 3. The number of nitriles is 1. The van der Waals surface area contributed by atoms with Crippen LogP contribution >= 0.6 is 46.6 Å². The lowest BCUT2D eigenvalue weighted by molar-refractivity contribution is -0.117. The second kappa shape index (κ2) is 10.5. The molecule has 9 heteroatoms. The predicted molar refractivity (Wildman–Crippen MR) is 138 cm³/mol. The molecule has 1 aliphatic heterocycles. The third-order valence-electron chi connectivity index (χ3n) is 5.00. The summed E-state index contributed by atoms with van der Waals surface area (Å²) in [5.74, 6) is -0.864. The van der Waals surface area contributed by atoms with Crippen LogP contribution in [-0.4, -0.2) is 17.1 Å². The number of carbonyl (C=O) groups is 2. The van der Waals surface area contributed by atoms with Crippen molar-refractivity contribution in [1.82, 2.24) is 0 Å². The van der Waals surface area contributed by atoms with Crippen molar-refractivity contribution in [3.05, 3.63) is 104 Å². The van der Waals surface area contributed by atoms with Gasteiger partial charge in [0, 0.05) is 26.4 Å². The van der Waals surface area contributed by atoms with Crippen molar-refractivity contribution in [2.75, 3.05) is 10.2 Å². The summed E-state index contributed by atoms with van der Waals surface area (Å²) in [6, 6.07) is 22.4. The largest absolute Gasteiger partial charge is 0.321 e. The van der Waals surface area contributed by atoms with Gasteiger partial charge in [0.15, 0.2) is 0 Å². The van der Waals surface area contributed by atoms with Gasteiger partial charge in [-0.05, 0) is 72.6 Å². The molecule has 2 amide bonds. The van der Waals surface area contributed by atoms with Gasteiger partial charge in [-0.2, -0.15) is 5.26 Å². The number of carbonyl (C=O) groups excluding carboxylic acids is 2. The Hall–Kier alpha value is -2.95. The van der Waals surface area contributed by atoms with Crippen molar-refractivity contribution in [3.8, 4) is 6.07 Å². The summed E-state index contributed by atoms with van der Waals surface area (Å²) in [7, 11) is 0.